The predicted octanol–water partition coefficient (Wildman–Crippen LogP) is 4.24. The van der Waals surface area contributed by atoms with Crippen molar-refractivity contribution >= 4 is 22.6 Å². The topological polar surface area (TPSA) is 86.9 Å². The van der Waals surface area contributed by atoms with Crippen LogP contribution in [0.2, 0.25) is 0 Å². The first-order valence-corrected chi connectivity index (χ1v) is 10.5. The Morgan fingerprint density at radius 1 is 1.09 bits per heavy atom. The maximum absolute atomic E-state index is 15.1. The Bertz CT molecular complexity index is 1330. The molecule has 1 saturated heterocycles. The molecule has 0 aliphatic carbocycles. The van der Waals surface area contributed by atoms with Gasteiger partial charge in [0.1, 0.15) is 11.6 Å². The van der Waals surface area contributed by atoms with Gasteiger partial charge >= 0.3 is 6.36 Å². The Morgan fingerprint density at radius 3 is 2.63 bits per heavy atom. The summed E-state index contributed by atoms with van der Waals surface area (Å²) < 4.78 is 81.6. The molecule has 1 fully saturated rings. The van der Waals surface area contributed by atoms with Crippen LogP contribution in [0.3, 0.4) is 0 Å². The molecule has 0 radical (unpaired) electrons. The highest BCUT2D eigenvalue weighted by Crippen LogP contribution is 2.35. The van der Waals surface area contributed by atoms with E-state index in [1.54, 1.807) is 0 Å². The number of aromatic nitrogens is 1. The molecule has 184 valence electrons. The number of morpholine rings is 1. The maximum atomic E-state index is 15.1. The zero-order valence-corrected chi connectivity index (χ0v) is 18.0. The number of hydrogen-bond acceptors (Lipinski definition) is 6. The molecule has 1 atom stereocenters. The second-order valence-electron chi connectivity index (χ2n) is 8.12. The molecule has 12 heteroatoms. The molecular formula is C23H18F5N3O4. The number of pyridine rings is 1. The second kappa shape index (κ2) is 8.61. The molecule has 2 aliphatic rings. The van der Waals surface area contributed by atoms with Crippen LogP contribution in [0.5, 0.6) is 5.75 Å². The summed E-state index contributed by atoms with van der Waals surface area (Å²) in [6, 6.07) is 4.48. The molecule has 0 spiro atoms. The first-order valence-electron chi connectivity index (χ1n) is 10.5. The van der Waals surface area contributed by atoms with Crippen molar-refractivity contribution in [1.82, 2.24) is 9.88 Å². The van der Waals surface area contributed by atoms with Crippen LogP contribution in [0.1, 0.15) is 33.1 Å². The van der Waals surface area contributed by atoms with Crippen LogP contribution in [0.25, 0.3) is 10.9 Å². The molecule has 2 aliphatic heterocycles. The predicted molar refractivity (Wildman–Crippen MR) is 112 cm³/mol. The maximum Gasteiger partial charge on any atom is 0.573 e. The molecule has 35 heavy (non-hydrogen) atoms. The third-order valence-corrected chi connectivity index (χ3v) is 6.00. The summed E-state index contributed by atoms with van der Waals surface area (Å²) in [5, 5.41) is 0.518. The van der Waals surface area contributed by atoms with Crippen molar-refractivity contribution in [2.45, 2.75) is 25.6 Å². The van der Waals surface area contributed by atoms with Crippen molar-refractivity contribution in [2.75, 3.05) is 25.5 Å². The van der Waals surface area contributed by atoms with Gasteiger partial charge in [-0.2, -0.15) is 0 Å². The van der Waals surface area contributed by atoms with Gasteiger partial charge in [0.05, 0.1) is 43.5 Å². The van der Waals surface area contributed by atoms with Crippen LogP contribution < -0.4 is 10.5 Å². The molecule has 7 nitrogen and oxygen atoms in total. The number of amides is 1. The van der Waals surface area contributed by atoms with Gasteiger partial charge in [-0.25, -0.2) is 13.8 Å². The van der Waals surface area contributed by atoms with Crippen LogP contribution in [0, 0.1) is 11.6 Å². The van der Waals surface area contributed by atoms with Crippen molar-refractivity contribution in [3.63, 3.8) is 0 Å². The highest BCUT2D eigenvalue weighted by atomic mass is 19.4. The van der Waals surface area contributed by atoms with Gasteiger partial charge in [0, 0.05) is 23.6 Å². The Labute approximate surface area is 195 Å². The van der Waals surface area contributed by atoms with Crippen LogP contribution in [-0.2, 0) is 22.7 Å². The highest BCUT2D eigenvalue weighted by molar-refractivity contribution is 6.00. The number of nitrogen functional groups attached to an aromatic ring is 1. The van der Waals surface area contributed by atoms with E-state index in [1.165, 1.54) is 17.0 Å². The smallest absolute Gasteiger partial charge is 0.403 e. The first-order chi connectivity index (χ1) is 16.6. The summed E-state index contributed by atoms with van der Waals surface area (Å²) in [5.41, 5.74) is 7.49. The fourth-order valence-corrected chi connectivity index (χ4v) is 4.36. The second-order valence-corrected chi connectivity index (χ2v) is 8.12. The van der Waals surface area contributed by atoms with Gasteiger partial charge in [-0.3, -0.25) is 4.79 Å². The number of carbonyl (C=O) groups excluding carboxylic acids is 1. The van der Waals surface area contributed by atoms with E-state index in [2.05, 4.69) is 9.72 Å². The van der Waals surface area contributed by atoms with E-state index in [1.807, 2.05) is 0 Å². The molecule has 0 unspecified atom stereocenters. The summed E-state index contributed by atoms with van der Waals surface area (Å²) in [6.45, 7) is 0.568. The number of fused-ring (bicyclic) bond motifs is 3. The lowest BCUT2D eigenvalue weighted by molar-refractivity contribution is -0.275. The quantitative estimate of drug-likeness (QED) is 0.548. The minimum atomic E-state index is -5.10. The van der Waals surface area contributed by atoms with Gasteiger partial charge in [-0.05, 0) is 29.3 Å². The monoisotopic (exact) mass is 495 g/mol. The summed E-state index contributed by atoms with van der Waals surface area (Å²) >= 11 is 0. The van der Waals surface area contributed by atoms with Gasteiger partial charge in [0.2, 0.25) is 0 Å². The Morgan fingerprint density at radius 2 is 1.86 bits per heavy atom. The summed E-state index contributed by atoms with van der Waals surface area (Å²) in [7, 11) is 0. The van der Waals surface area contributed by atoms with E-state index in [9.17, 15) is 22.4 Å². The zero-order valence-electron chi connectivity index (χ0n) is 18.0. The number of nitrogens with zero attached hydrogens (tertiary/aromatic N) is 2. The number of anilines is 1. The van der Waals surface area contributed by atoms with Gasteiger partial charge < -0.3 is 24.8 Å². The lowest BCUT2D eigenvalue weighted by Crippen LogP contribution is -2.43. The largest absolute Gasteiger partial charge is 0.573 e. The summed E-state index contributed by atoms with van der Waals surface area (Å²) in [4.78, 5) is 18.9. The SMILES string of the molecule is Nc1nc2cc(F)c(C(=O)N3CCOC[C@H]3c3ccc(F)c(OC(F)(F)F)c3)cc2c2c1COC2. The van der Waals surface area contributed by atoms with Crippen molar-refractivity contribution in [3.05, 3.63) is 64.2 Å². The van der Waals surface area contributed by atoms with Crippen LogP contribution in [-0.4, -0.2) is 41.9 Å². The lowest BCUT2D eigenvalue weighted by atomic mass is 9.99. The van der Waals surface area contributed by atoms with Gasteiger partial charge in [-0.15, -0.1) is 13.2 Å². The number of rotatable bonds is 3. The average Bonchev–Trinajstić information content (AvgIpc) is 3.30. The fourth-order valence-electron chi connectivity index (χ4n) is 4.36. The number of nitrogens with two attached hydrogens (primary N) is 1. The third-order valence-electron chi connectivity index (χ3n) is 6.00. The van der Waals surface area contributed by atoms with Gasteiger partial charge in [-0.1, -0.05) is 6.07 Å². The van der Waals surface area contributed by atoms with E-state index >= 15 is 4.39 Å². The Hall–Kier alpha value is -3.51. The fraction of sp³-hybridized carbons (Fsp3) is 0.304. The average molecular weight is 495 g/mol. The standard InChI is InChI=1S/C23H18F5N3O4/c24-16-2-1-11(5-20(16)35-23(26,27)28)19-10-33-4-3-31(19)22(32)13-6-12-14-8-34-9-15(14)21(29)30-18(12)7-17(13)25/h1-2,5-7,19H,3-4,8-10H2,(H2,29,30)/t19-/m0/s1. The lowest BCUT2D eigenvalue weighted by Gasteiger charge is -2.36. The van der Waals surface area contributed by atoms with Crippen LogP contribution in [0.4, 0.5) is 27.8 Å². The van der Waals surface area contributed by atoms with Crippen LogP contribution in [0.15, 0.2) is 30.3 Å². The molecule has 5 rings (SSSR count). The molecule has 1 amide bonds. The van der Waals surface area contributed by atoms with E-state index in [4.69, 9.17) is 15.2 Å². The summed E-state index contributed by atoms with van der Waals surface area (Å²) in [6.07, 6.45) is -5.10. The number of halogens is 5. The van der Waals surface area contributed by atoms with E-state index in [0.29, 0.717) is 16.5 Å². The normalized spacial score (nSPS) is 18.1. The van der Waals surface area contributed by atoms with Gasteiger partial charge in [0.15, 0.2) is 11.6 Å². The van der Waals surface area contributed by atoms with Gasteiger partial charge in [0.25, 0.3) is 5.91 Å². The number of hydrogen-bond donors (Lipinski definition) is 1. The molecular weight excluding hydrogens is 477 g/mol. The van der Waals surface area contributed by atoms with Crippen molar-refractivity contribution in [3.8, 4) is 5.75 Å². The molecule has 3 aromatic rings. The number of ether oxygens (including phenoxy) is 3. The number of carbonyl (C=O) groups is 1. The number of alkyl halides is 3. The molecule has 2 N–H and O–H groups in total. The van der Waals surface area contributed by atoms with Crippen molar-refractivity contribution in [1.29, 1.82) is 0 Å². The van der Waals surface area contributed by atoms with E-state index in [0.717, 1.165) is 18.2 Å². The third kappa shape index (κ3) is 4.34. The first kappa shape index (κ1) is 23.2. The van der Waals surface area contributed by atoms with Crippen LogP contribution >= 0.6 is 0 Å². The number of benzene rings is 2. The van der Waals surface area contributed by atoms with E-state index < -0.39 is 35.7 Å². The molecule has 0 bridgehead atoms. The molecule has 2 aromatic carbocycles. The molecule has 0 saturated carbocycles. The Balaban J connectivity index is 1.53. The minimum Gasteiger partial charge on any atom is -0.403 e. The van der Waals surface area contributed by atoms with Crippen molar-refractivity contribution < 1.29 is 41.0 Å². The molecule has 3 heterocycles. The Kier molecular flexibility index (Phi) is 5.72. The molecule has 1 aromatic heterocycles. The van der Waals surface area contributed by atoms with Crippen molar-refractivity contribution in [2.24, 2.45) is 0 Å². The summed E-state index contributed by atoms with van der Waals surface area (Å²) in [5.74, 6) is -3.57. The highest BCUT2D eigenvalue weighted by Gasteiger charge is 2.35. The van der Waals surface area contributed by atoms with E-state index in [-0.39, 0.29) is 55.4 Å². The minimum absolute atomic E-state index is 0.0367. The zero-order chi connectivity index (χ0) is 24.9.